The lowest BCUT2D eigenvalue weighted by atomic mass is 10.1. The molecular weight excluding hydrogens is 339 g/mol. The highest BCUT2D eigenvalue weighted by Crippen LogP contribution is 2.57. The summed E-state index contributed by atoms with van der Waals surface area (Å²) in [5.74, 6) is -2.17. The van der Waals surface area contributed by atoms with Crippen molar-refractivity contribution in [2.24, 2.45) is 5.92 Å². The summed E-state index contributed by atoms with van der Waals surface area (Å²) in [7, 11) is 0. The molecule has 25 heavy (non-hydrogen) atoms. The van der Waals surface area contributed by atoms with Crippen molar-refractivity contribution < 1.29 is 22.8 Å². The van der Waals surface area contributed by atoms with Crippen LogP contribution in [0.5, 0.6) is 0 Å². The smallest absolute Gasteiger partial charge is 0.356 e. The molecule has 3 atom stereocenters. The third-order valence-corrected chi connectivity index (χ3v) is 4.92. The van der Waals surface area contributed by atoms with Crippen molar-refractivity contribution in [3.8, 4) is 0 Å². The number of alkyl halides is 3. The van der Waals surface area contributed by atoms with Crippen molar-refractivity contribution in [1.29, 1.82) is 0 Å². The Morgan fingerprint density at radius 2 is 2.12 bits per heavy atom. The van der Waals surface area contributed by atoms with E-state index in [-0.39, 0.29) is 24.0 Å². The zero-order valence-corrected chi connectivity index (χ0v) is 13.2. The van der Waals surface area contributed by atoms with Crippen LogP contribution in [-0.4, -0.2) is 27.5 Å². The molecule has 134 valence electrons. The van der Waals surface area contributed by atoms with E-state index in [0.717, 1.165) is 19.3 Å². The number of nitro benzene ring substituents is 1. The molecule has 2 fully saturated rings. The SMILES string of the molecule is O=[N+]([O-])c1ccc2c(c1)c(C1CC1C(F)(F)F)nn2C1CCCCO1. The summed E-state index contributed by atoms with van der Waals surface area (Å²) in [6, 6.07) is 4.22. The van der Waals surface area contributed by atoms with E-state index in [2.05, 4.69) is 5.10 Å². The molecule has 6 nitrogen and oxygen atoms in total. The Kier molecular flexibility index (Phi) is 3.71. The van der Waals surface area contributed by atoms with Crippen molar-refractivity contribution >= 4 is 16.6 Å². The van der Waals surface area contributed by atoms with E-state index in [1.54, 1.807) is 10.7 Å². The maximum Gasteiger partial charge on any atom is 0.392 e. The van der Waals surface area contributed by atoms with Gasteiger partial charge in [0, 0.05) is 30.0 Å². The van der Waals surface area contributed by atoms with Gasteiger partial charge in [-0.05, 0) is 31.7 Å². The molecule has 1 saturated heterocycles. The summed E-state index contributed by atoms with van der Waals surface area (Å²) in [5, 5.41) is 15.9. The summed E-state index contributed by atoms with van der Waals surface area (Å²) in [4.78, 5) is 10.5. The minimum Gasteiger partial charge on any atom is -0.356 e. The van der Waals surface area contributed by atoms with Gasteiger partial charge in [-0.25, -0.2) is 4.68 Å². The molecule has 4 rings (SSSR count). The number of benzene rings is 1. The van der Waals surface area contributed by atoms with E-state index in [1.165, 1.54) is 12.1 Å². The second-order valence-electron chi connectivity index (χ2n) is 6.60. The number of ether oxygens (including phenoxy) is 1. The van der Waals surface area contributed by atoms with Gasteiger partial charge in [-0.3, -0.25) is 10.1 Å². The molecule has 2 aliphatic rings. The molecule has 1 aliphatic carbocycles. The molecule has 0 amide bonds. The quantitative estimate of drug-likeness (QED) is 0.608. The van der Waals surface area contributed by atoms with Crippen LogP contribution >= 0.6 is 0 Å². The van der Waals surface area contributed by atoms with Crippen LogP contribution in [0.2, 0.25) is 0 Å². The monoisotopic (exact) mass is 355 g/mol. The number of fused-ring (bicyclic) bond motifs is 1. The van der Waals surface area contributed by atoms with Gasteiger partial charge >= 0.3 is 6.18 Å². The van der Waals surface area contributed by atoms with Crippen LogP contribution in [0.4, 0.5) is 18.9 Å². The topological polar surface area (TPSA) is 70.2 Å². The van der Waals surface area contributed by atoms with E-state index in [1.807, 2.05) is 0 Å². The van der Waals surface area contributed by atoms with Gasteiger partial charge in [-0.2, -0.15) is 18.3 Å². The maximum atomic E-state index is 13.0. The van der Waals surface area contributed by atoms with Gasteiger partial charge in [-0.1, -0.05) is 0 Å². The fourth-order valence-corrected chi connectivity index (χ4v) is 3.54. The molecule has 2 aromatic rings. The maximum absolute atomic E-state index is 13.0. The highest BCUT2D eigenvalue weighted by atomic mass is 19.4. The van der Waals surface area contributed by atoms with Crippen LogP contribution in [0.15, 0.2) is 18.2 Å². The zero-order valence-electron chi connectivity index (χ0n) is 13.2. The highest BCUT2D eigenvalue weighted by Gasteiger charge is 2.57. The average molecular weight is 355 g/mol. The molecule has 0 bridgehead atoms. The van der Waals surface area contributed by atoms with Crippen LogP contribution in [-0.2, 0) is 4.74 Å². The Labute approximate surface area is 140 Å². The summed E-state index contributed by atoms with van der Waals surface area (Å²) in [6.45, 7) is 0.572. The van der Waals surface area contributed by atoms with Gasteiger partial charge < -0.3 is 4.74 Å². The fraction of sp³-hybridized carbons (Fsp3) is 0.562. The van der Waals surface area contributed by atoms with Gasteiger partial charge in [-0.15, -0.1) is 0 Å². The number of hydrogen-bond acceptors (Lipinski definition) is 4. The Balaban J connectivity index is 1.80. The standard InChI is InChI=1S/C16H16F3N3O3/c17-16(18,19)12-8-10(12)15-11-7-9(22(23)24)4-5-13(11)21(20-15)14-3-1-2-6-25-14/h4-5,7,10,12,14H,1-3,6,8H2. The van der Waals surface area contributed by atoms with Crippen LogP contribution < -0.4 is 0 Å². The Morgan fingerprint density at radius 3 is 2.72 bits per heavy atom. The van der Waals surface area contributed by atoms with Gasteiger partial charge in [0.25, 0.3) is 5.69 Å². The van der Waals surface area contributed by atoms with Crippen LogP contribution in [0.3, 0.4) is 0 Å². The molecule has 1 aromatic carbocycles. The zero-order chi connectivity index (χ0) is 17.8. The minimum atomic E-state index is -4.27. The van der Waals surface area contributed by atoms with E-state index in [0.29, 0.717) is 17.5 Å². The lowest BCUT2D eigenvalue weighted by Gasteiger charge is -2.23. The molecular formula is C16H16F3N3O3. The molecule has 1 aromatic heterocycles. The van der Waals surface area contributed by atoms with Crippen molar-refractivity contribution in [1.82, 2.24) is 9.78 Å². The molecule has 1 aliphatic heterocycles. The van der Waals surface area contributed by atoms with E-state index in [9.17, 15) is 23.3 Å². The number of halogens is 3. The summed E-state index contributed by atoms with van der Waals surface area (Å²) >= 11 is 0. The second-order valence-corrected chi connectivity index (χ2v) is 6.60. The first-order chi connectivity index (χ1) is 11.9. The Hall–Kier alpha value is -2.16. The molecule has 0 radical (unpaired) electrons. The average Bonchev–Trinajstić information content (AvgIpc) is 3.30. The number of aromatic nitrogens is 2. The Bertz CT molecular complexity index is 827. The van der Waals surface area contributed by atoms with Gasteiger partial charge in [0.15, 0.2) is 6.23 Å². The molecule has 9 heteroatoms. The molecule has 2 heterocycles. The Morgan fingerprint density at radius 1 is 1.32 bits per heavy atom. The van der Waals surface area contributed by atoms with Crippen LogP contribution in [0, 0.1) is 16.0 Å². The summed E-state index contributed by atoms with van der Waals surface area (Å²) in [5.41, 5.74) is 0.720. The third kappa shape index (κ3) is 2.86. The third-order valence-electron chi connectivity index (χ3n) is 4.92. The molecule has 0 spiro atoms. The van der Waals surface area contributed by atoms with Crippen LogP contribution in [0.25, 0.3) is 10.9 Å². The number of hydrogen-bond donors (Lipinski definition) is 0. The van der Waals surface area contributed by atoms with Gasteiger partial charge in [0.05, 0.1) is 22.1 Å². The predicted octanol–water partition coefficient (Wildman–Crippen LogP) is 4.31. The molecule has 1 saturated carbocycles. The van der Waals surface area contributed by atoms with Crippen LogP contribution in [0.1, 0.15) is 43.5 Å². The number of rotatable bonds is 3. The fourth-order valence-electron chi connectivity index (χ4n) is 3.54. The van der Waals surface area contributed by atoms with Crippen molar-refractivity contribution in [2.75, 3.05) is 6.61 Å². The first-order valence-corrected chi connectivity index (χ1v) is 8.21. The van der Waals surface area contributed by atoms with E-state index in [4.69, 9.17) is 4.74 Å². The van der Waals surface area contributed by atoms with E-state index < -0.39 is 22.9 Å². The second kappa shape index (κ2) is 5.69. The lowest BCUT2D eigenvalue weighted by Crippen LogP contribution is -2.19. The largest absolute Gasteiger partial charge is 0.392 e. The number of nitro groups is 1. The molecule has 3 unspecified atom stereocenters. The van der Waals surface area contributed by atoms with Crippen molar-refractivity contribution in [3.05, 3.63) is 34.0 Å². The van der Waals surface area contributed by atoms with Crippen molar-refractivity contribution in [2.45, 2.75) is 44.0 Å². The van der Waals surface area contributed by atoms with Gasteiger partial charge in [0.2, 0.25) is 0 Å². The highest BCUT2D eigenvalue weighted by molar-refractivity contribution is 5.85. The lowest BCUT2D eigenvalue weighted by molar-refractivity contribution is -0.384. The van der Waals surface area contributed by atoms with Gasteiger partial charge in [0.1, 0.15) is 0 Å². The first-order valence-electron chi connectivity index (χ1n) is 8.21. The first kappa shape index (κ1) is 16.3. The van der Waals surface area contributed by atoms with Crippen molar-refractivity contribution in [3.63, 3.8) is 0 Å². The summed E-state index contributed by atoms with van der Waals surface area (Å²) < 4.78 is 46.2. The normalized spacial score (nSPS) is 26.8. The van der Waals surface area contributed by atoms with E-state index >= 15 is 0 Å². The predicted molar refractivity (Wildman–Crippen MR) is 82.1 cm³/mol. The molecule has 0 N–H and O–H groups in total. The number of nitrogens with zero attached hydrogens (tertiary/aromatic N) is 3. The summed E-state index contributed by atoms with van der Waals surface area (Å²) in [6.07, 6.45) is -2.03. The number of non-ortho nitro benzene ring substituents is 1. The minimum absolute atomic E-state index is 0.0240.